The summed E-state index contributed by atoms with van der Waals surface area (Å²) in [6.07, 6.45) is 0. The molecular formula is C17H20N4O. The van der Waals surface area contributed by atoms with Crippen molar-refractivity contribution in [3.63, 3.8) is 0 Å². The van der Waals surface area contributed by atoms with Crippen LogP contribution >= 0.6 is 0 Å². The van der Waals surface area contributed by atoms with Crippen molar-refractivity contribution in [2.75, 3.05) is 31.2 Å². The first-order chi connectivity index (χ1) is 10.6. The minimum absolute atomic E-state index is 0.123. The molecule has 0 radical (unpaired) electrons. The average molecular weight is 296 g/mol. The van der Waals surface area contributed by atoms with Gasteiger partial charge in [0, 0.05) is 24.5 Å². The molecule has 1 atom stereocenters. The minimum atomic E-state index is -0.123. The largest absolute Gasteiger partial charge is 0.378 e. The van der Waals surface area contributed by atoms with Crippen molar-refractivity contribution in [3.05, 3.63) is 34.9 Å². The van der Waals surface area contributed by atoms with E-state index in [1.807, 2.05) is 32.0 Å². The number of anilines is 1. The molecule has 1 aromatic carbocycles. The van der Waals surface area contributed by atoms with Crippen LogP contribution < -0.4 is 10.6 Å². The number of pyridine rings is 1. The van der Waals surface area contributed by atoms with Crippen LogP contribution in [-0.4, -0.2) is 31.3 Å². The third kappa shape index (κ3) is 2.52. The van der Waals surface area contributed by atoms with E-state index in [-0.39, 0.29) is 6.04 Å². The van der Waals surface area contributed by atoms with Crippen molar-refractivity contribution >= 4 is 16.7 Å². The fourth-order valence-electron chi connectivity index (χ4n) is 2.93. The molecule has 5 nitrogen and oxygen atoms in total. The highest BCUT2D eigenvalue weighted by Gasteiger charge is 2.18. The van der Waals surface area contributed by atoms with Crippen LogP contribution in [0.2, 0.25) is 0 Å². The Morgan fingerprint density at radius 2 is 2.09 bits per heavy atom. The lowest BCUT2D eigenvalue weighted by Gasteiger charge is -2.28. The SMILES string of the molecule is Cc1ccc(C(C)N)c2nc(N3CCOCC3)cc(C#N)c12. The standard InChI is InChI=1S/C17H20N4O/c1-11-3-4-14(12(2)19)17-16(11)13(10-18)9-15(20-17)21-5-7-22-8-6-21/h3-4,9,12H,5-8,19H2,1-2H3. The Balaban J connectivity index is 2.25. The highest BCUT2D eigenvalue weighted by Crippen LogP contribution is 2.30. The van der Waals surface area contributed by atoms with E-state index in [1.54, 1.807) is 0 Å². The number of morpholine rings is 1. The highest BCUT2D eigenvalue weighted by molar-refractivity contribution is 5.92. The molecule has 0 bridgehead atoms. The molecule has 2 heterocycles. The monoisotopic (exact) mass is 296 g/mol. The van der Waals surface area contributed by atoms with Crippen molar-refractivity contribution in [2.45, 2.75) is 19.9 Å². The Labute approximate surface area is 130 Å². The predicted octanol–water partition coefficient (Wildman–Crippen LogP) is 2.27. The van der Waals surface area contributed by atoms with Crippen LogP contribution in [0.15, 0.2) is 18.2 Å². The van der Waals surface area contributed by atoms with Gasteiger partial charge in [0.2, 0.25) is 0 Å². The van der Waals surface area contributed by atoms with Gasteiger partial charge in [-0.1, -0.05) is 12.1 Å². The van der Waals surface area contributed by atoms with Crippen molar-refractivity contribution in [1.29, 1.82) is 5.26 Å². The number of hydrogen-bond acceptors (Lipinski definition) is 5. The van der Waals surface area contributed by atoms with Gasteiger partial charge in [0.05, 0.1) is 30.4 Å². The molecule has 1 unspecified atom stereocenters. The number of rotatable bonds is 2. The number of benzene rings is 1. The van der Waals surface area contributed by atoms with E-state index in [1.165, 1.54) is 0 Å². The van der Waals surface area contributed by atoms with Crippen LogP contribution in [0.4, 0.5) is 5.82 Å². The molecule has 2 aromatic rings. The molecule has 0 amide bonds. The minimum Gasteiger partial charge on any atom is -0.378 e. The topological polar surface area (TPSA) is 75.2 Å². The molecule has 3 rings (SSSR count). The lowest BCUT2D eigenvalue weighted by Crippen LogP contribution is -2.36. The first-order valence-electron chi connectivity index (χ1n) is 7.54. The van der Waals surface area contributed by atoms with Gasteiger partial charge in [-0.25, -0.2) is 4.98 Å². The maximum atomic E-state index is 9.56. The molecule has 1 aliphatic rings. The summed E-state index contributed by atoms with van der Waals surface area (Å²) >= 11 is 0. The average Bonchev–Trinajstić information content (AvgIpc) is 2.54. The van der Waals surface area contributed by atoms with Crippen LogP contribution in [0.25, 0.3) is 10.9 Å². The van der Waals surface area contributed by atoms with Crippen LogP contribution in [0.1, 0.15) is 29.7 Å². The normalized spacial score (nSPS) is 16.5. The van der Waals surface area contributed by atoms with E-state index in [0.717, 1.165) is 40.9 Å². The number of fused-ring (bicyclic) bond motifs is 1. The Bertz CT molecular complexity index is 742. The fourth-order valence-corrected chi connectivity index (χ4v) is 2.93. The molecule has 1 fully saturated rings. The molecule has 2 N–H and O–H groups in total. The molecule has 5 heteroatoms. The summed E-state index contributed by atoms with van der Waals surface area (Å²) in [7, 11) is 0. The zero-order valence-corrected chi connectivity index (χ0v) is 13.0. The van der Waals surface area contributed by atoms with E-state index in [4.69, 9.17) is 15.5 Å². The van der Waals surface area contributed by atoms with E-state index in [2.05, 4.69) is 11.0 Å². The Morgan fingerprint density at radius 1 is 1.36 bits per heavy atom. The summed E-state index contributed by atoms with van der Waals surface area (Å²) < 4.78 is 5.39. The summed E-state index contributed by atoms with van der Waals surface area (Å²) in [6, 6.07) is 8.10. The molecule has 1 saturated heterocycles. The maximum absolute atomic E-state index is 9.56. The quantitative estimate of drug-likeness (QED) is 0.920. The second-order valence-corrected chi connectivity index (χ2v) is 5.72. The van der Waals surface area contributed by atoms with E-state index < -0.39 is 0 Å². The summed E-state index contributed by atoms with van der Waals surface area (Å²) in [5, 5.41) is 10.5. The maximum Gasteiger partial charge on any atom is 0.130 e. The van der Waals surface area contributed by atoms with Crippen molar-refractivity contribution in [1.82, 2.24) is 4.98 Å². The molecule has 114 valence electrons. The van der Waals surface area contributed by atoms with Crippen LogP contribution in [0, 0.1) is 18.3 Å². The summed E-state index contributed by atoms with van der Waals surface area (Å²) in [5.41, 5.74) is 9.63. The number of nitrogens with two attached hydrogens (primary N) is 1. The van der Waals surface area contributed by atoms with Crippen LogP contribution in [0.5, 0.6) is 0 Å². The van der Waals surface area contributed by atoms with Crippen molar-refractivity contribution in [2.24, 2.45) is 5.73 Å². The van der Waals surface area contributed by atoms with Crippen molar-refractivity contribution in [3.8, 4) is 6.07 Å². The number of nitriles is 1. The van der Waals surface area contributed by atoms with E-state index in [9.17, 15) is 5.26 Å². The second-order valence-electron chi connectivity index (χ2n) is 5.72. The van der Waals surface area contributed by atoms with E-state index in [0.29, 0.717) is 18.8 Å². The third-order valence-corrected chi connectivity index (χ3v) is 4.13. The number of aromatic nitrogens is 1. The van der Waals surface area contributed by atoms with Gasteiger partial charge in [-0.15, -0.1) is 0 Å². The van der Waals surface area contributed by atoms with Gasteiger partial charge in [-0.2, -0.15) is 5.26 Å². The third-order valence-electron chi connectivity index (χ3n) is 4.13. The molecule has 0 spiro atoms. The van der Waals surface area contributed by atoms with Crippen LogP contribution in [-0.2, 0) is 4.74 Å². The molecule has 22 heavy (non-hydrogen) atoms. The van der Waals surface area contributed by atoms with Gasteiger partial charge in [0.25, 0.3) is 0 Å². The Hall–Kier alpha value is -2.16. The van der Waals surface area contributed by atoms with Gasteiger partial charge >= 0.3 is 0 Å². The summed E-state index contributed by atoms with van der Waals surface area (Å²) in [5.74, 6) is 0.833. The molecule has 0 aliphatic carbocycles. The smallest absolute Gasteiger partial charge is 0.130 e. The highest BCUT2D eigenvalue weighted by atomic mass is 16.5. The van der Waals surface area contributed by atoms with Gasteiger partial charge in [0.1, 0.15) is 5.82 Å². The van der Waals surface area contributed by atoms with Gasteiger partial charge in [-0.3, -0.25) is 0 Å². The lowest BCUT2D eigenvalue weighted by atomic mass is 9.97. The molecule has 1 aliphatic heterocycles. The van der Waals surface area contributed by atoms with Gasteiger partial charge < -0.3 is 15.4 Å². The number of hydrogen-bond donors (Lipinski definition) is 1. The van der Waals surface area contributed by atoms with Crippen molar-refractivity contribution < 1.29 is 4.74 Å². The van der Waals surface area contributed by atoms with Gasteiger partial charge in [-0.05, 0) is 31.0 Å². The number of aryl methyl sites for hydroxylation is 1. The van der Waals surface area contributed by atoms with Crippen LogP contribution in [0.3, 0.4) is 0 Å². The fraction of sp³-hybridized carbons (Fsp3) is 0.412. The first-order valence-corrected chi connectivity index (χ1v) is 7.54. The predicted molar refractivity (Wildman–Crippen MR) is 86.8 cm³/mol. The lowest BCUT2D eigenvalue weighted by molar-refractivity contribution is 0.122. The Kier molecular flexibility index (Phi) is 3.97. The summed E-state index contributed by atoms with van der Waals surface area (Å²) in [6.45, 7) is 6.92. The molecule has 0 saturated carbocycles. The number of ether oxygens (including phenoxy) is 1. The Morgan fingerprint density at radius 3 is 2.73 bits per heavy atom. The molecular weight excluding hydrogens is 276 g/mol. The van der Waals surface area contributed by atoms with E-state index >= 15 is 0 Å². The van der Waals surface area contributed by atoms with Gasteiger partial charge in [0.15, 0.2) is 0 Å². The zero-order valence-electron chi connectivity index (χ0n) is 13.0. The second kappa shape index (κ2) is 5.91. The summed E-state index contributed by atoms with van der Waals surface area (Å²) in [4.78, 5) is 6.99. The number of nitrogens with zero attached hydrogens (tertiary/aromatic N) is 3. The molecule has 1 aromatic heterocycles. The first kappa shape index (κ1) is 14.8. The zero-order chi connectivity index (χ0) is 15.7.